The zero-order chi connectivity index (χ0) is 15.5. The number of hydrogen-bond acceptors (Lipinski definition) is 5. The molecule has 0 radical (unpaired) electrons. The normalized spacial score (nSPS) is 18.5. The molecule has 0 N–H and O–H groups in total. The summed E-state index contributed by atoms with van der Waals surface area (Å²) in [4.78, 5) is 5.56. The van der Waals surface area contributed by atoms with Gasteiger partial charge in [-0.25, -0.2) is 8.42 Å². The van der Waals surface area contributed by atoms with Crippen molar-refractivity contribution < 1.29 is 8.42 Å². The molecule has 0 spiro atoms. The third-order valence-corrected chi connectivity index (χ3v) is 7.10. The predicted molar refractivity (Wildman–Crippen MR) is 87.6 cm³/mol. The quantitative estimate of drug-likeness (QED) is 0.726. The molecular weight excluding hydrogens is 330 g/mol. The van der Waals surface area contributed by atoms with Crippen molar-refractivity contribution in [3.63, 3.8) is 0 Å². The molecule has 1 aromatic rings. The van der Waals surface area contributed by atoms with E-state index in [2.05, 4.69) is 9.80 Å². The van der Waals surface area contributed by atoms with Crippen molar-refractivity contribution in [1.82, 2.24) is 14.1 Å². The minimum atomic E-state index is -3.39. The Bertz CT molecular complexity index is 552. The summed E-state index contributed by atoms with van der Waals surface area (Å²) in [5, 5.41) is 1.79. The molecule has 120 valence electrons. The van der Waals surface area contributed by atoms with Crippen LogP contribution < -0.4 is 0 Å². The molecule has 1 aromatic heterocycles. The molecule has 2 rings (SSSR count). The highest BCUT2D eigenvalue weighted by Gasteiger charge is 2.30. The van der Waals surface area contributed by atoms with Crippen LogP contribution in [0, 0.1) is 0 Å². The fourth-order valence-corrected chi connectivity index (χ4v) is 5.43. The molecule has 0 amide bonds. The zero-order valence-electron chi connectivity index (χ0n) is 12.5. The van der Waals surface area contributed by atoms with Gasteiger partial charge in [-0.05, 0) is 25.5 Å². The van der Waals surface area contributed by atoms with Crippen LogP contribution in [0.1, 0.15) is 4.88 Å². The van der Waals surface area contributed by atoms with Gasteiger partial charge in [0.15, 0.2) is 0 Å². The molecule has 1 aliphatic heterocycles. The van der Waals surface area contributed by atoms with Crippen molar-refractivity contribution in [3.8, 4) is 0 Å². The number of likely N-dealkylation sites (N-methyl/N-ethyl adjacent to an activating group) is 1. The number of hydrogen-bond donors (Lipinski definition) is 0. The van der Waals surface area contributed by atoms with Crippen LogP contribution in [0.5, 0.6) is 0 Å². The molecule has 21 heavy (non-hydrogen) atoms. The number of nitrogens with zero attached hydrogens (tertiary/aromatic N) is 3. The summed E-state index contributed by atoms with van der Waals surface area (Å²) in [6, 6.07) is 1.66. The van der Waals surface area contributed by atoms with Crippen LogP contribution in [0.15, 0.2) is 16.3 Å². The van der Waals surface area contributed by atoms with Crippen LogP contribution in [-0.4, -0.2) is 75.9 Å². The number of piperazine rings is 1. The second kappa shape index (κ2) is 7.39. The zero-order valence-corrected chi connectivity index (χ0v) is 14.8. The molecule has 0 saturated carbocycles. The van der Waals surface area contributed by atoms with Gasteiger partial charge in [-0.3, -0.25) is 4.90 Å². The first-order valence-corrected chi connectivity index (χ1v) is 9.80. The lowest BCUT2D eigenvalue weighted by Crippen LogP contribution is -2.49. The van der Waals surface area contributed by atoms with Gasteiger partial charge in [0.05, 0.1) is 10.8 Å². The molecule has 8 heteroatoms. The summed E-state index contributed by atoms with van der Waals surface area (Å²) in [5.74, 6) is 0.245. The molecule has 0 atom stereocenters. The van der Waals surface area contributed by atoms with Gasteiger partial charge in [0, 0.05) is 44.1 Å². The Kier molecular flexibility index (Phi) is 6.05. The van der Waals surface area contributed by atoms with Gasteiger partial charge >= 0.3 is 0 Å². The van der Waals surface area contributed by atoms with Crippen LogP contribution in [0.25, 0.3) is 0 Å². The standard InChI is InChI=1S/C13H22ClN3O2S2/c1-15(2)4-5-16-6-8-17(9-7-16)21(18,19)13-3-10-20-12(13)11-14/h3,10H,4-9,11H2,1-2H3. The van der Waals surface area contributed by atoms with E-state index in [9.17, 15) is 8.42 Å². The van der Waals surface area contributed by atoms with Crippen LogP contribution >= 0.6 is 22.9 Å². The largest absolute Gasteiger partial charge is 0.308 e. The summed E-state index contributed by atoms with van der Waals surface area (Å²) >= 11 is 7.23. The van der Waals surface area contributed by atoms with E-state index in [-0.39, 0.29) is 5.88 Å². The Balaban J connectivity index is 1.98. The van der Waals surface area contributed by atoms with Gasteiger partial charge in [-0.2, -0.15) is 4.31 Å². The molecule has 1 fully saturated rings. The molecule has 1 aliphatic rings. The minimum Gasteiger partial charge on any atom is -0.308 e. The SMILES string of the molecule is CN(C)CCN1CCN(S(=O)(=O)c2ccsc2CCl)CC1. The fourth-order valence-electron chi connectivity index (χ4n) is 2.33. The third-order valence-electron chi connectivity index (χ3n) is 3.64. The van der Waals surface area contributed by atoms with Crippen molar-refractivity contribution in [2.24, 2.45) is 0 Å². The van der Waals surface area contributed by atoms with E-state index in [1.165, 1.54) is 11.3 Å². The first-order valence-electron chi connectivity index (χ1n) is 6.94. The maximum atomic E-state index is 12.6. The Morgan fingerprint density at radius 1 is 1.29 bits per heavy atom. The molecule has 5 nitrogen and oxygen atoms in total. The number of rotatable bonds is 6. The predicted octanol–water partition coefficient (Wildman–Crippen LogP) is 1.35. The average Bonchev–Trinajstić information content (AvgIpc) is 2.94. The first kappa shape index (κ1) is 17.2. The highest BCUT2D eigenvalue weighted by atomic mass is 35.5. The van der Waals surface area contributed by atoms with E-state index >= 15 is 0 Å². The van der Waals surface area contributed by atoms with E-state index in [4.69, 9.17) is 11.6 Å². The van der Waals surface area contributed by atoms with E-state index in [1.807, 2.05) is 14.1 Å². The summed E-state index contributed by atoms with van der Waals surface area (Å²) in [7, 11) is 0.699. The van der Waals surface area contributed by atoms with Crippen molar-refractivity contribution in [2.45, 2.75) is 10.8 Å². The molecule has 0 aromatic carbocycles. The maximum Gasteiger partial charge on any atom is 0.244 e. The lowest BCUT2D eigenvalue weighted by atomic mass is 10.3. The van der Waals surface area contributed by atoms with Crippen molar-refractivity contribution in [1.29, 1.82) is 0 Å². The molecular formula is C13H22ClN3O2S2. The van der Waals surface area contributed by atoms with E-state index in [0.717, 1.165) is 31.1 Å². The van der Waals surface area contributed by atoms with Crippen LogP contribution in [0.2, 0.25) is 0 Å². The topological polar surface area (TPSA) is 43.9 Å². The maximum absolute atomic E-state index is 12.6. The third kappa shape index (κ3) is 4.18. The smallest absolute Gasteiger partial charge is 0.244 e. The molecule has 0 aliphatic carbocycles. The summed E-state index contributed by atoms with van der Waals surface area (Å²) < 4.78 is 26.9. The molecule has 0 bridgehead atoms. The minimum absolute atomic E-state index is 0.245. The Morgan fingerprint density at radius 2 is 1.95 bits per heavy atom. The highest BCUT2D eigenvalue weighted by molar-refractivity contribution is 7.89. The van der Waals surface area contributed by atoms with Crippen molar-refractivity contribution >= 4 is 33.0 Å². The monoisotopic (exact) mass is 351 g/mol. The van der Waals surface area contributed by atoms with Gasteiger partial charge in [0.2, 0.25) is 10.0 Å². The first-order chi connectivity index (χ1) is 9.95. The summed E-state index contributed by atoms with van der Waals surface area (Å²) in [6.07, 6.45) is 0. The van der Waals surface area contributed by atoms with E-state index < -0.39 is 10.0 Å². The molecule has 0 unspecified atom stereocenters. The summed E-state index contributed by atoms with van der Waals surface area (Å²) in [6.45, 7) is 4.64. The second-order valence-corrected chi connectivity index (χ2v) is 8.56. The Labute approximate surface area is 136 Å². The van der Waals surface area contributed by atoms with Gasteiger partial charge in [-0.1, -0.05) is 0 Å². The number of halogens is 1. The lowest BCUT2D eigenvalue weighted by molar-refractivity contribution is 0.174. The van der Waals surface area contributed by atoms with Crippen LogP contribution in [0.3, 0.4) is 0 Å². The second-order valence-electron chi connectivity index (χ2n) is 5.39. The van der Waals surface area contributed by atoms with Crippen LogP contribution in [-0.2, 0) is 15.9 Å². The number of thiophene rings is 1. The average molecular weight is 352 g/mol. The van der Waals surface area contributed by atoms with Gasteiger partial charge in [0.1, 0.15) is 0 Å². The van der Waals surface area contributed by atoms with Gasteiger partial charge in [-0.15, -0.1) is 22.9 Å². The van der Waals surface area contributed by atoms with Crippen molar-refractivity contribution in [2.75, 3.05) is 53.4 Å². The number of alkyl halides is 1. The van der Waals surface area contributed by atoms with E-state index in [0.29, 0.717) is 18.0 Å². The molecule has 2 heterocycles. The highest BCUT2D eigenvalue weighted by Crippen LogP contribution is 2.27. The van der Waals surface area contributed by atoms with Crippen molar-refractivity contribution in [3.05, 3.63) is 16.3 Å². The van der Waals surface area contributed by atoms with Crippen LogP contribution in [0.4, 0.5) is 0 Å². The fraction of sp³-hybridized carbons (Fsp3) is 0.692. The van der Waals surface area contributed by atoms with E-state index in [1.54, 1.807) is 15.8 Å². The Morgan fingerprint density at radius 3 is 2.52 bits per heavy atom. The van der Waals surface area contributed by atoms with Gasteiger partial charge < -0.3 is 4.90 Å². The number of sulfonamides is 1. The molecule has 1 saturated heterocycles. The summed E-state index contributed by atoms with van der Waals surface area (Å²) in [5.41, 5.74) is 0. The Hall–Kier alpha value is -0.180. The lowest BCUT2D eigenvalue weighted by Gasteiger charge is -2.34. The van der Waals surface area contributed by atoms with Gasteiger partial charge in [0.25, 0.3) is 0 Å².